The molecule has 5 nitrogen and oxygen atoms in total. The van der Waals surface area contributed by atoms with E-state index in [9.17, 15) is 9.59 Å². The van der Waals surface area contributed by atoms with Crippen LogP contribution in [0.25, 0.3) is 11.3 Å². The van der Waals surface area contributed by atoms with Crippen molar-refractivity contribution in [2.75, 3.05) is 5.32 Å². The molecule has 5 heteroatoms. The first-order valence-corrected chi connectivity index (χ1v) is 6.24. The van der Waals surface area contributed by atoms with Gasteiger partial charge in [0.15, 0.2) is 0 Å². The van der Waals surface area contributed by atoms with Gasteiger partial charge in [-0.25, -0.2) is 4.79 Å². The van der Waals surface area contributed by atoms with Crippen LogP contribution in [0, 0.1) is 5.41 Å². The Kier molecular flexibility index (Phi) is 3.70. The van der Waals surface area contributed by atoms with Crippen LogP contribution < -0.4 is 10.9 Å². The smallest absolute Gasteiger partial charge is 0.360 e. The highest BCUT2D eigenvalue weighted by atomic mass is 16.4. The third kappa shape index (κ3) is 3.12. The average Bonchev–Trinajstić information content (AvgIpc) is 2.41. The number of hydrogen-bond donors (Lipinski definition) is 1. The Bertz CT molecular complexity index is 670. The Labute approximate surface area is 116 Å². The lowest BCUT2D eigenvalue weighted by atomic mass is 9.95. The van der Waals surface area contributed by atoms with Gasteiger partial charge in [0.2, 0.25) is 5.91 Å². The maximum absolute atomic E-state index is 11.9. The highest BCUT2D eigenvalue weighted by molar-refractivity contribution is 5.94. The van der Waals surface area contributed by atoms with Crippen LogP contribution in [0.1, 0.15) is 20.8 Å². The van der Waals surface area contributed by atoms with Crippen LogP contribution >= 0.6 is 0 Å². The van der Waals surface area contributed by atoms with E-state index in [-0.39, 0.29) is 11.6 Å². The number of amides is 1. The number of pyridine rings is 1. The Balaban J connectivity index is 2.28. The fraction of sp³-hybridized carbons (Fsp3) is 0.267. The van der Waals surface area contributed by atoms with Crippen molar-refractivity contribution in [3.63, 3.8) is 0 Å². The molecule has 1 amide bonds. The molecule has 0 aliphatic carbocycles. The Hall–Kier alpha value is -2.43. The van der Waals surface area contributed by atoms with Gasteiger partial charge in [-0.15, -0.1) is 0 Å². The summed E-state index contributed by atoms with van der Waals surface area (Å²) in [5.74, 6) is 0.177. The molecule has 2 heterocycles. The summed E-state index contributed by atoms with van der Waals surface area (Å²) >= 11 is 0. The highest BCUT2D eigenvalue weighted by Gasteiger charge is 2.22. The summed E-state index contributed by atoms with van der Waals surface area (Å²) < 4.78 is 5.20. The minimum absolute atomic E-state index is 0.137. The Morgan fingerprint density at radius 2 is 2.00 bits per heavy atom. The minimum atomic E-state index is -0.580. The molecule has 0 aliphatic rings. The van der Waals surface area contributed by atoms with Gasteiger partial charge >= 0.3 is 5.63 Å². The molecule has 0 fully saturated rings. The van der Waals surface area contributed by atoms with E-state index in [1.165, 1.54) is 6.07 Å². The zero-order chi connectivity index (χ0) is 14.8. The molecule has 2 aromatic heterocycles. The average molecular weight is 272 g/mol. The molecule has 0 saturated carbocycles. The second kappa shape index (κ2) is 5.28. The maximum atomic E-state index is 11.9. The Morgan fingerprint density at radius 3 is 2.55 bits per heavy atom. The predicted molar refractivity (Wildman–Crippen MR) is 76.3 cm³/mol. The molecule has 0 saturated heterocycles. The first-order chi connectivity index (χ1) is 9.38. The molecule has 104 valence electrons. The van der Waals surface area contributed by atoms with E-state index in [0.29, 0.717) is 11.3 Å². The van der Waals surface area contributed by atoms with Gasteiger partial charge in [0, 0.05) is 23.4 Å². The lowest BCUT2D eigenvalue weighted by Crippen LogP contribution is -2.29. The number of anilines is 1. The van der Waals surface area contributed by atoms with Crippen LogP contribution in [-0.2, 0) is 4.79 Å². The van der Waals surface area contributed by atoms with E-state index >= 15 is 0 Å². The summed E-state index contributed by atoms with van der Waals surface area (Å²) in [4.78, 5) is 27.7. The molecule has 20 heavy (non-hydrogen) atoms. The molecule has 1 N–H and O–H groups in total. The normalized spacial score (nSPS) is 11.2. The summed E-state index contributed by atoms with van der Waals surface area (Å²) in [5, 5.41) is 2.57. The molecular formula is C15H16N2O3. The summed E-state index contributed by atoms with van der Waals surface area (Å²) in [7, 11) is 0. The van der Waals surface area contributed by atoms with Crippen molar-refractivity contribution < 1.29 is 9.21 Å². The summed E-state index contributed by atoms with van der Waals surface area (Å²) in [6.07, 6.45) is 3.24. The van der Waals surface area contributed by atoms with Crippen molar-refractivity contribution >= 4 is 11.6 Å². The zero-order valence-electron chi connectivity index (χ0n) is 11.6. The predicted octanol–water partition coefficient (Wildman–Crippen LogP) is 2.69. The van der Waals surface area contributed by atoms with Crippen molar-refractivity contribution in [1.82, 2.24) is 4.98 Å². The van der Waals surface area contributed by atoms with Crippen LogP contribution in [0.4, 0.5) is 5.69 Å². The van der Waals surface area contributed by atoms with Crippen LogP contribution in [0.5, 0.6) is 0 Å². The Morgan fingerprint density at radius 1 is 1.25 bits per heavy atom. The van der Waals surface area contributed by atoms with Crippen LogP contribution in [0.15, 0.2) is 45.9 Å². The summed E-state index contributed by atoms with van der Waals surface area (Å²) in [6.45, 7) is 5.32. The number of carbonyl (C=O) groups excluding carboxylic acids is 1. The quantitative estimate of drug-likeness (QED) is 0.912. The molecule has 0 unspecified atom stereocenters. The fourth-order valence-corrected chi connectivity index (χ4v) is 1.48. The van der Waals surface area contributed by atoms with E-state index in [1.807, 2.05) is 0 Å². The molecular weight excluding hydrogens is 256 g/mol. The van der Waals surface area contributed by atoms with Gasteiger partial charge in [-0.05, 0) is 24.3 Å². The topological polar surface area (TPSA) is 72.2 Å². The molecule has 0 aromatic carbocycles. The highest BCUT2D eigenvalue weighted by Crippen LogP contribution is 2.19. The number of carbonyl (C=O) groups is 1. The molecule has 0 aliphatic heterocycles. The van der Waals surface area contributed by atoms with Gasteiger partial charge in [0.1, 0.15) is 11.4 Å². The molecule has 0 bridgehead atoms. The molecule has 2 aromatic rings. The fourth-order valence-electron chi connectivity index (χ4n) is 1.48. The molecule has 0 radical (unpaired) electrons. The van der Waals surface area contributed by atoms with Crippen LogP contribution in [0.3, 0.4) is 0 Å². The first kappa shape index (κ1) is 14.0. The van der Waals surface area contributed by atoms with Crippen molar-refractivity contribution in [2.24, 2.45) is 5.41 Å². The van der Waals surface area contributed by atoms with Crippen molar-refractivity contribution in [1.29, 1.82) is 0 Å². The summed E-state index contributed by atoms with van der Waals surface area (Å²) in [5.41, 5.74) is -0.311. The van der Waals surface area contributed by atoms with Crippen molar-refractivity contribution in [3.8, 4) is 11.3 Å². The standard InChI is InChI=1S/C15H16N2O3/c1-15(2,3)14(19)17-11-6-7-12(20-13(11)18)10-5-4-8-16-9-10/h4-9H,1-3H3,(H,17,19). The molecule has 2 rings (SSSR count). The van der Waals surface area contributed by atoms with E-state index in [0.717, 1.165) is 0 Å². The number of nitrogens with zero attached hydrogens (tertiary/aromatic N) is 1. The number of hydrogen-bond acceptors (Lipinski definition) is 4. The minimum Gasteiger partial charge on any atom is -0.421 e. The van der Waals surface area contributed by atoms with E-state index in [1.54, 1.807) is 51.4 Å². The van der Waals surface area contributed by atoms with Gasteiger partial charge in [-0.1, -0.05) is 20.8 Å². The zero-order valence-corrected chi connectivity index (χ0v) is 11.6. The number of nitrogens with one attached hydrogen (secondary N) is 1. The van der Waals surface area contributed by atoms with E-state index in [4.69, 9.17) is 4.42 Å². The lowest BCUT2D eigenvalue weighted by molar-refractivity contribution is -0.123. The summed E-state index contributed by atoms with van der Waals surface area (Å²) in [6, 6.07) is 6.72. The van der Waals surface area contributed by atoms with Gasteiger partial charge < -0.3 is 9.73 Å². The number of aromatic nitrogens is 1. The van der Waals surface area contributed by atoms with Gasteiger partial charge in [0.05, 0.1) is 0 Å². The number of rotatable bonds is 2. The third-order valence-corrected chi connectivity index (χ3v) is 2.70. The monoisotopic (exact) mass is 272 g/mol. The molecule has 0 atom stereocenters. The van der Waals surface area contributed by atoms with Gasteiger partial charge in [0.25, 0.3) is 0 Å². The van der Waals surface area contributed by atoms with Crippen LogP contribution in [-0.4, -0.2) is 10.9 Å². The van der Waals surface area contributed by atoms with Crippen molar-refractivity contribution in [3.05, 3.63) is 47.1 Å². The second-order valence-corrected chi connectivity index (χ2v) is 5.45. The van der Waals surface area contributed by atoms with Crippen LogP contribution in [0.2, 0.25) is 0 Å². The largest absolute Gasteiger partial charge is 0.421 e. The van der Waals surface area contributed by atoms with Crippen molar-refractivity contribution in [2.45, 2.75) is 20.8 Å². The lowest BCUT2D eigenvalue weighted by Gasteiger charge is -2.16. The second-order valence-electron chi connectivity index (χ2n) is 5.45. The van der Waals surface area contributed by atoms with Gasteiger partial charge in [-0.2, -0.15) is 0 Å². The molecule has 0 spiro atoms. The van der Waals surface area contributed by atoms with E-state index in [2.05, 4.69) is 10.3 Å². The SMILES string of the molecule is CC(C)(C)C(=O)Nc1ccc(-c2cccnc2)oc1=O. The third-order valence-electron chi connectivity index (χ3n) is 2.70. The van der Waals surface area contributed by atoms with E-state index < -0.39 is 11.0 Å². The maximum Gasteiger partial charge on any atom is 0.360 e. The van der Waals surface area contributed by atoms with Gasteiger partial charge in [-0.3, -0.25) is 9.78 Å². The first-order valence-electron chi connectivity index (χ1n) is 6.24.